The van der Waals surface area contributed by atoms with Crippen LogP contribution >= 0.6 is 22.6 Å². The fourth-order valence-corrected chi connectivity index (χ4v) is 5.09. The molecule has 32 heavy (non-hydrogen) atoms. The highest BCUT2D eigenvalue weighted by Gasteiger charge is 2.53. The lowest BCUT2D eigenvalue weighted by molar-refractivity contribution is -0.146. The summed E-state index contributed by atoms with van der Waals surface area (Å²) in [5, 5.41) is 17.0. The van der Waals surface area contributed by atoms with E-state index in [2.05, 4.69) is 45.1 Å². The summed E-state index contributed by atoms with van der Waals surface area (Å²) in [5.74, 6) is -1.30. The predicted octanol–water partition coefficient (Wildman–Crippen LogP) is 4.26. The van der Waals surface area contributed by atoms with Crippen molar-refractivity contribution in [2.75, 3.05) is 6.61 Å². The van der Waals surface area contributed by atoms with Crippen LogP contribution in [0.2, 0.25) is 0 Å². The lowest BCUT2D eigenvalue weighted by atomic mass is 9.93. The molecule has 0 bridgehead atoms. The van der Waals surface area contributed by atoms with Crippen LogP contribution in [0.3, 0.4) is 0 Å². The Morgan fingerprint density at radius 2 is 1.75 bits per heavy atom. The first-order valence-corrected chi connectivity index (χ1v) is 11.6. The lowest BCUT2D eigenvalue weighted by Crippen LogP contribution is -2.59. The van der Waals surface area contributed by atoms with E-state index in [1.54, 1.807) is 17.1 Å². The molecule has 1 atom stereocenters. The standard InChI is InChI=1S/C24H22IN3O4/c25-16-11-26-28(12-16)14-24(22(29)30,15-9-10-15)27-23(31)32-13-21-19-7-3-1-5-17(19)18-6-2-4-8-20(18)21/h1-8,11-12,15,21H,9-10,13-14H2,(H,27,31)(H,29,30). The average Bonchev–Trinajstić information content (AvgIpc) is 3.49. The molecule has 0 spiro atoms. The molecule has 3 aromatic rings. The molecular weight excluding hydrogens is 521 g/mol. The molecule has 164 valence electrons. The molecular formula is C24H22IN3O4. The van der Waals surface area contributed by atoms with Gasteiger partial charge in [0.25, 0.3) is 0 Å². The number of nitrogens with one attached hydrogen (secondary N) is 1. The monoisotopic (exact) mass is 543 g/mol. The number of aliphatic carboxylic acids is 1. The maximum absolute atomic E-state index is 12.8. The van der Waals surface area contributed by atoms with Crippen molar-refractivity contribution in [3.63, 3.8) is 0 Å². The number of ether oxygens (including phenoxy) is 1. The van der Waals surface area contributed by atoms with Crippen LogP contribution in [0.1, 0.15) is 29.9 Å². The molecule has 1 amide bonds. The van der Waals surface area contributed by atoms with Crippen molar-refractivity contribution in [1.82, 2.24) is 15.1 Å². The van der Waals surface area contributed by atoms with Crippen molar-refractivity contribution in [2.24, 2.45) is 5.92 Å². The first-order chi connectivity index (χ1) is 15.5. The summed E-state index contributed by atoms with van der Waals surface area (Å²) in [6, 6.07) is 16.2. The molecule has 1 saturated carbocycles. The smallest absolute Gasteiger partial charge is 0.408 e. The van der Waals surface area contributed by atoms with E-state index < -0.39 is 17.6 Å². The van der Waals surface area contributed by atoms with Gasteiger partial charge in [-0.2, -0.15) is 5.10 Å². The van der Waals surface area contributed by atoms with Crippen LogP contribution in [0.25, 0.3) is 11.1 Å². The second-order valence-electron chi connectivity index (χ2n) is 8.36. The number of nitrogens with zero attached hydrogens (tertiary/aromatic N) is 2. The van der Waals surface area contributed by atoms with E-state index in [0.29, 0.717) is 0 Å². The summed E-state index contributed by atoms with van der Waals surface area (Å²) in [7, 11) is 0. The van der Waals surface area contributed by atoms with Crippen molar-refractivity contribution >= 4 is 34.7 Å². The number of fused-ring (bicyclic) bond motifs is 3. The fourth-order valence-electron chi connectivity index (χ4n) is 4.64. The summed E-state index contributed by atoms with van der Waals surface area (Å²) in [6.07, 6.45) is 4.19. The molecule has 0 saturated heterocycles. The van der Waals surface area contributed by atoms with Gasteiger partial charge < -0.3 is 15.2 Å². The minimum atomic E-state index is -1.45. The number of rotatable bonds is 7. The highest BCUT2D eigenvalue weighted by molar-refractivity contribution is 14.1. The molecule has 2 aliphatic carbocycles. The van der Waals surface area contributed by atoms with E-state index in [9.17, 15) is 14.7 Å². The zero-order chi connectivity index (χ0) is 22.3. The van der Waals surface area contributed by atoms with Crippen molar-refractivity contribution < 1.29 is 19.4 Å². The molecule has 1 fully saturated rings. The Balaban J connectivity index is 1.34. The number of alkyl carbamates (subject to hydrolysis) is 1. The first-order valence-electron chi connectivity index (χ1n) is 10.5. The quantitative estimate of drug-likeness (QED) is 0.435. The van der Waals surface area contributed by atoms with Crippen molar-refractivity contribution in [1.29, 1.82) is 0 Å². The van der Waals surface area contributed by atoms with Gasteiger partial charge in [0.2, 0.25) is 0 Å². The topological polar surface area (TPSA) is 93.5 Å². The van der Waals surface area contributed by atoms with Crippen LogP contribution in [0, 0.1) is 9.49 Å². The number of hydrogen-bond donors (Lipinski definition) is 2. The molecule has 1 heterocycles. The Labute approximate surface area is 198 Å². The van der Waals surface area contributed by atoms with E-state index in [1.165, 1.54) is 0 Å². The SMILES string of the molecule is O=C(NC(Cn1cc(I)cn1)(C(=O)O)C1CC1)OCC1c2ccccc2-c2ccccc21. The number of benzene rings is 2. The lowest BCUT2D eigenvalue weighted by Gasteiger charge is -2.30. The van der Waals surface area contributed by atoms with Crippen molar-refractivity contribution in [2.45, 2.75) is 30.8 Å². The van der Waals surface area contributed by atoms with Crippen LogP contribution in [-0.4, -0.2) is 39.1 Å². The Kier molecular flexibility index (Phi) is 5.40. The second kappa shape index (κ2) is 8.23. The fraction of sp³-hybridized carbons (Fsp3) is 0.292. The number of aromatic nitrogens is 2. The maximum atomic E-state index is 12.8. The molecule has 2 aromatic carbocycles. The summed E-state index contributed by atoms with van der Waals surface area (Å²) < 4.78 is 8.09. The van der Waals surface area contributed by atoms with Gasteiger partial charge in [-0.1, -0.05) is 48.5 Å². The zero-order valence-corrected chi connectivity index (χ0v) is 19.4. The Morgan fingerprint density at radius 3 is 2.28 bits per heavy atom. The number of amides is 1. The number of halogens is 1. The summed E-state index contributed by atoms with van der Waals surface area (Å²) >= 11 is 2.12. The molecule has 0 radical (unpaired) electrons. The van der Waals surface area contributed by atoms with Gasteiger partial charge in [-0.25, -0.2) is 9.59 Å². The van der Waals surface area contributed by atoms with Crippen LogP contribution in [0.15, 0.2) is 60.9 Å². The molecule has 1 aromatic heterocycles. The van der Waals surface area contributed by atoms with Gasteiger partial charge in [-0.15, -0.1) is 0 Å². The molecule has 2 N–H and O–H groups in total. The van der Waals surface area contributed by atoms with Crippen LogP contribution < -0.4 is 5.32 Å². The van der Waals surface area contributed by atoms with Gasteiger partial charge in [0.1, 0.15) is 6.61 Å². The van der Waals surface area contributed by atoms with Crippen LogP contribution in [0.4, 0.5) is 4.79 Å². The molecule has 0 aliphatic heterocycles. The largest absolute Gasteiger partial charge is 0.479 e. The number of carbonyl (C=O) groups is 2. The highest BCUT2D eigenvalue weighted by Crippen LogP contribution is 2.45. The number of carboxylic acid groups (broad SMARTS) is 1. The minimum absolute atomic E-state index is 0.0558. The number of carboxylic acids is 1. The molecule has 8 heteroatoms. The second-order valence-corrected chi connectivity index (χ2v) is 9.60. The van der Waals surface area contributed by atoms with Crippen molar-refractivity contribution in [3.8, 4) is 11.1 Å². The van der Waals surface area contributed by atoms with Gasteiger partial charge in [0.15, 0.2) is 5.54 Å². The van der Waals surface area contributed by atoms with Crippen molar-refractivity contribution in [3.05, 3.63) is 75.6 Å². The van der Waals surface area contributed by atoms with Gasteiger partial charge in [0, 0.05) is 12.1 Å². The van der Waals surface area contributed by atoms with Gasteiger partial charge in [-0.3, -0.25) is 4.68 Å². The molecule has 7 nitrogen and oxygen atoms in total. The zero-order valence-electron chi connectivity index (χ0n) is 17.2. The molecule has 5 rings (SSSR count). The Bertz CT molecular complexity index is 1140. The summed E-state index contributed by atoms with van der Waals surface area (Å²) in [6.45, 7) is 0.195. The van der Waals surface area contributed by atoms with Gasteiger partial charge >= 0.3 is 12.1 Å². The first kappa shape index (κ1) is 21.0. The minimum Gasteiger partial charge on any atom is -0.479 e. The third kappa shape index (κ3) is 3.76. The van der Waals surface area contributed by atoms with E-state index >= 15 is 0 Å². The van der Waals surface area contributed by atoms with Gasteiger partial charge in [0.05, 0.1) is 16.3 Å². The highest BCUT2D eigenvalue weighted by atomic mass is 127. The number of carbonyl (C=O) groups excluding carboxylic acids is 1. The average molecular weight is 543 g/mol. The Morgan fingerprint density at radius 1 is 1.12 bits per heavy atom. The van der Waals surface area contributed by atoms with E-state index in [0.717, 1.165) is 38.7 Å². The predicted molar refractivity (Wildman–Crippen MR) is 126 cm³/mol. The van der Waals surface area contributed by atoms with Crippen LogP contribution in [0.5, 0.6) is 0 Å². The third-order valence-electron chi connectivity index (χ3n) is 6.34. The van der Waals surface area contributed by atoms with Crippen LogP contribution in [-0.2, 0) is 16.1 Å². The van der Waals surface area contributed by atoms with E-state index in [4.69, 9.17) is 4.74 Å². The summed E-state index contributed by atoms with van der Waals surface area (Å²) in [4.78, 5) is 25.2. The van der Waals surface area contributed by atoms with E-state index in [1.807, 2.05) is 36.4 Å². The molecule has 1 unspecified atom stereocenters. The third-order valence-corrected chi connectivity index (χ3v) is 6.89. The number of hydrogen-bond acceptors (Lipinski definition) is 4. The normalized spacial score (nSPS) is 16.7. The maximum Gasteiger partial charge on any atom is 0.408 e. The summed E-state index contributed by atoms with van der Waals surface area (Å²) in [5.41, 5.74) is 3.06. The Hall–Kier alpha value is -2.88. The van der Waals surface area contributed by atoms with E-state index in [-0.39, 0.29) is 25.0 Å². The van der Waals surface area contributed by atoms with Gasteiger partial charge in [-0.05, 0) is 63.6 Å². The molecule has 2 aliphatic rings.